The first-order valence-corrected chi connectivity index (χ1v) is 4.31. The summed E-state index contributed by atoms with van der Waals surface area (Å²) in [5.41, 5.74) is 0. The molecule has 0 fully saturated rings. The Morgan fingerprint density at radius 2 is 2.46 bits per heavy atom. The molecule has 1 aromatic heterocycles. The van der Waals surface area contributed by atoms with Gasteiger partial charge in [0.1, 0.15) is 12.7 Å². The normalized spacial score (nSPS) is 9.92. The lowest BCUT2D eigenvalue weighted by Gasteiger charge is -2.02. The summed E-state index contributed by atoms with van der Waals surface area (Å²) in [5.74, 6) is -0.183. The van der Waals surface area contributed by atoms with E-state index in [2.05, 4.69) is 10.1 Å². The number of aromatic nitrogens is 3. The number of ether oxygens (including phenoxy) is 1. The van der Waals surface area contributed by atoms with Crippen molar-refractivity contribution in [2.24, 2.45) is 0 Å². The van der Waals surface area contributed by atoms with Gasteiger partial charge in [-0.25, -0.2) is 4.98 Å². The van der Waals surface area contributed by atoms with E-state index in [1.54, 1.807) is 11.0 Å². The van der Waals surface area contributed by atoms with Crippen molar-refractivity contribution in [2.75, 3.05) is 6.61 Å². The predicted octanol–water partition coefficient (Wildman–Crippen LogP) is 0.621. The zero-order valence-corrected chi connectivity index (χ0v) is 7.64. The van der Waals surface area contributed by atoms with E-state index >= 15 is 0 Å². The van der Waals surface area contributed by atoms with Crippen molar-refractivity contribution in [1.29, 1.82) is 0 Å². The van der Waals surface area contributed by atoms with Gasteiger partial charge in [0.2, 0.25) is 0 Å². The molecule has 0 aliphatic carbocycles. The molecule has 0 aliphatic rings. The molecule has 0 saturated heterocycles. The van der Waals surface area contributed by atoms with Crippen molar-refractivity contribution in [1.82, 2.24) is 14.8 Å². The fourth-order valence-corrected chi connectivity index (χ4v) is 0.842. The highest BCUT2D eigenvalue weighted by Gasteiger charge is 2.02. The van der Waals surface area contributed by atoms with Crippen LogP contribution >= 0.6 is 0 Å². The molecule has 72 valence electrons. The lowest BCUT2D eigenvalue weighted by molar-refractivity contribution is -0.143. The van der Waals surface area contributed by atoms with E-state index in [-0.39, 0.29) is 5.97 Å². The van der Waals surface area contributed by atoms with Gasteiger partial charge in [0, 0.05) is 0 Å². The van der Waals surface area contributed by atoms with E-state index in [9.17, 15) is 4.79 Å². The second kappa shape index (κ2) is 5.29. The minimum Gasteiger partial charge on any atom is -0.466 e. The summed E-state index contributed by atoms with van der Waals surface area (Å²) in [4.78, 5) is 14.8. The molecule has 0 amide bonds. The maximum atomic E-state index is 11.0. The maximum absolute atomic E-state index is 11.0. The zero-order valence-electron chi connectivity index (χ0n) is 7.64. The van der Waals surface area contributed by atoms with E-state index in [1.807, 2.05) is 6.92 Å². The van der Waals surface area contributed by atoms with Gasteiger partial charge in [-0.2, -0.15) is 5.10 Å². The quantitative estimate of drug-likeness (QED) is 0.628. The number of aryl methyl sites for hydroxylation is 1. The van der Waals surface area contributed by atoms with E-state index < -0.39 is 0 Å². The summed E-state index contributed by atoms with van der Waals surface area (Å²) >= 11 is 0. The Bertz CT molecular complexity index is 246. The van der Waals surface area contributed by atoms with Gasteiger partial charge >= 0.3 is 5.97 Å². The fourth-order valence-electron chi connectivity index (χ4n) is 0.842. The molecule has 5 nitrogen and oxygen atoms in total. The summed E-state index contributed by atoms with van der Waals surface area (Å²) < 4.78 is 6.49. The van der Waals surface area contributed by atoms with Gasteiger partial charge in [0.05, 0.1) is 19.6 Å². The molecule has 0 bridgehead atoms. The van der Waals surface area contributed by atoms with Crippen LogP contribution in [0.4, 0.5) is 0 Å². The standard InChI is InChI=1S/C8H13N3O2/c1-2-5-13-8(12)3-4-11-7-9-6-10-11/h6-7H,2-5H2,1H3. The highest BCUT2D eigenvalue weighted by atomic mass is 16.5. The zero-order chi connectivity index (χ0) is 9.52. The number of rotatable bonds is 5. The van der Waals surface area contributed by atoms with Gasteiger partial charge < -0.3 is 4.74 Å². The minimum atomic E-state index is -0.183. The van der Waals surface area contributed by atoms with Crippen LogP contribution in [0.25, 0.3) is 0 Å². The first-order valence-electron chi connectivity index (χ1n) is 4.31. The van der Waals surface area contributed by atoms with Crippen molar-refractivity contribution in [2.45, 2.75) is 26.3 Å². The second-order valence-electron chi connectivity index (χ2n) is 2.63. The molecule has 1 heterocycles. The van der Waals surface area contributed by atoms with Gasteiger partial charge in [-0.1, -0.05) is 6.92 Å². The van der Waals surface area contributed by atoms with Crippen LogP contribution in [0, 0.1) is 0 Å². The number of carbonyl (C=O) groups excluding carboxylic acids is 1. The van der Waals surface area contributed by atoms with Gasteiger partial charge in [-0.05, 0) is 6.42 Å². The van der Waals surface area contributed by atoms with Crippen molar-refractivity contribution in [3.8, 4) is 0 Å². The molecule has 0 N–H and O–H groups in total. The summed E-state index contributed by atoms with van der Waals surface area (Å²) in [6, 6.07) is 0. The van der Waals surface area contributed by atoms with E-state index in [4.69, 9.17) is 4.74 Å². The number of carbonyl (C=O) groups is 1. The Kier molecular flexibility index (Phi) is 3.95. The number of hydrogen-bond acceptors (Lipinski definition) is 4. The van der Waals surface area contributed by atoms with E-state index in [0.29, 0.717) is 19.6 Å². The molecular weight excluding hydrogens is 170 g/mol. The van der Waals surface area contributed by atoms with Gasteiger partial charge in [-0.3, -0.25) is 9.48 Å². The first-order chi connectivity index (χ1) is 6.33. The van der Waals surface area contributed by atoms with E-state index in [1.165, 1.54) is 6.33 Å². The van der Waals surface area contributed by atoms with Crippen LogP contribution in [-0.2, 0) is 16.1 Å². The summed E-state index contributed by atoms with van der Waals surface area (Å²) in [6.45, 7) is 2.99. The van der Waals surface area contributed by atoms with Gasteiger partial charge in [0.25, 0.3) is 0 Å². The largest absolute Gasteiger partial charge is 0.466 e. The number of hydrogen-bond donors (Lipinski definition) is 0. The Labute approximate surface area is 76.7 Å². The molecule has 0 unspecified atom stereocenters. The van der Waals surface area contributed by atoms with Crippen molar-refractivity contribution in [3.63, 3.8) is 0 Å². The summed E-state index contributed by atoms with van der Waals surface area (Å²) in [5, 5.41) is 3.87. The van der Waals surface area contributed by atoms with Crippen molar-refractivity contribution in [3.05, 3.63) is 12.7 Å². The molecular formula is C8H13N3O2. The highest BCUT2D eigenvalue weighted by molar-refractivity contribution is 5.69. The van der Waals surface area contributed by atoms with Crippen molar-refractivity contribution >= 4 is 5.97 Å². The third-order valence-electron chi connectivity index (χ3n) is 1.48. The number of nitrogens with zero attached hydrogens (tertiary/aromatic N) is 3. The topological polar surface area (TPSA) is 57.0 Å². The monoisotopic (exact) mass is 183 g/mol. The molecule has 0 saturated carbocycles. The molecule has 1 rings (SSSR count). The Morgan fingerprint density at radius 3 is 3.08 bits per heavy atom. The Morgan fingerprint density at radius 1 is 1.62 bits per heavy atom. The molecule has 5 heteroatoms. The van der Waals surface area contributed by atoms with Crippen LogP contribution in [0.3, 0.4) is 0 Å². The van der Waals surface area contributed by atoms with Crippen molar-refractivity contribution < 1.29 is 9.53 Å². The average Bonchev–Trinajstić information content (AvgIpc) is 2.64. The lowest BCUT2D eigenvalue weighted by atomic mass is 10.4. The average molecular weight is 183 g/mol. The summed E-state index contributed by atoms with van der Waals surface area (Å²) in [6.07, 6.45) is 4.23. The molecule has 0 radical (unpaired) electrons. The minimum absolute atomic E-state index is 0.183. The molecule has 0 spiro atoms. The SMILES string of the molecule is CCCOC(=O)CCn1cncn1. The molecule has 0 aliphatic heterocycles. The predicted molar refractivity (Wildman–Crippen MR) is 45.9 cm³/mol. The van der Waals surface area contributed by atoms with Crippen LogP contribution in [0.5, 0.6) is 0 Å². The highest BCUT2D eigenvalue weighted by Crippen LogP contribution is 1.91. The van der Waals surface area contributed by atoms with Gasteiger partial charge in [0.15, 0.2) is 0 Å². The van der Waals surface area contributed by atoms with E-state index in [0.717, 1.165) is 6.42 Å². The van der Waals surface area contributed by atoms with Gasteiger partial charge in [-0.15, -0.1) is 0 Å². The van der Waals surface area contributed by atoms with Crippen LogP contribution in [-0.4, -0.2) is 27.3 Å². The Hall–Kier alpha value is -1.39. The summed E-state index contributed by atoms with van der Waals surface area (Å²) in [7, 11) is 0. The smallest absolute Gasteiger partial charge is 0.307 e. The maximum Gasteiger partial charge on any atom is 0.307 e. The third-order valence-corrected chi connectivity index (χ3v) is 1.48. The molecule has 0 aromatic carbocycles. The molecule has 13 heavy (non-hydrogen) atoms. The lowest BCUT2D eigenvalue weighted by Crippen LogP contribution is -2.09. The third kappa shape index (κ3) is 3.68. The van der Waals surface area contributed by atoms with Crippen LogP contribution in [0.15, 0.2) is 12.7 Å². The second-order valence-corrected chi connectivity index (χ2v) is 2.63. The fraction of sp³-hybridized carbons (Fsp3) is 0.625. The first kappa shape index (κ1) is 9.70. The van der Waals surface area contributed by atoms with Crippen LogP contribution in [0.2, 0.25) is 0 Å². The molecule has 0 atom stereocenters. The Balaban J connectivity index is 2.15. The molecule has 1 aromatic rings. The number of esters is 1. The van der Waals surface area contributed by atoms with Crippen LogP contribution < -0.4 is 0 Å². The van der Waals surface area contributed by atoms with Crippen LogP contribution in [0.1, 0.15) is 19.8 Å².